The lowest BCUT2D eigenvalue weighted by atomic mass is 9.93. The van der Waals surface area contributed by atoms with Crippen LogP contribution in [0.15, 0.2) is 12.1 Å². The number of rotatable bonds is 2. The van der Waals surface area contributed by atoms with E-state index in [0.717, 1.165) is 12.1 Å². The van der Waals surface area contributed by atoms with Gasteiger partial charge in [0, 0.05) is 12.2 Å². The van der Waals surface area contributed by atoms with Crippen LogP contribution in [0.2, 0.25) is 0 Å². The number of nitrogens with zero attached hydrogens (tertiary/aromatic N) is 2. The fraction of sp³-hybridized carbons (Fsp3) is 0.500. The highest BCUT2D eigenvalue weighted by molar-refractivity contribution is 5.53. The molecule has 19 heavy (non-hydrogen) atoms. The van der Waals surface area contributed by atoms with Crippen molar-refractivity contribution in [2.75, 3.05) is 11.4 Å². The number of nitriles is 1. The van der Waals surface area contributed by atoms with E-state index in [9.17, 15) is 13.9 Å². The van der Waals surface area contributed by atoms with Crippen LogP contribution in [0.3, 0.4) is 0 Å². The molecule has 2 rings (SSSR count). The van der Waals surface area contributed by atoms with Crippen molar-refractivity contribution in [2.45, 2.75) is 38.3 Å². The Hall–Kier alpha value is -1.67. The molecule has 0 aliphatic carbocycles. The molecular formula is C14H16F2N2O. The Morgan fingerprint density at radius 2 is 2.05 bits per heavy atom. The van der Waals surface area contributed by atoms with Crippen molar-refractivity contribution in [1.29, 1.82) is 5.26 Å². The molecule has 1 saturated heterocycles. The second-order valence-electron chi connectivity index (χ2n) is 4.97. The van der Waals surface area contributed by atoms with Crippen molar-refractivity contribution in [3.63, 3.8) is 0 Å². The molecule has 0 saturated carbocycles. The van der Waals surface area contributed by atoms with Crippen molar-refractivity contribution >= 4 is 5.69 Å². The molecule has 102 valence electrons. The molecule has 2 atom stereocenters. The molecule has 1 N–H and O–H groups in total. The van der Waals surface area contributed by atoms with Gasteiger partial charge in [-0.2, -0.15) is 5.26 Å². The minimum absolute atomic E-state index is 0.218. The molecule has 1 aromatic carbocycles. The third-order valence-corrected chi connectivity index (χ3v) is 4.11. The van der Waals surface area contributed by atoms with E-state index in [1.165, 1.54) is 6.07 Å². The summed E-state index contributed by atoms with van der Waals surface area (Å²) in [5.41, 5.74) is -1.03. The molecule has 1 aliphatic rings. The fourth-order valence-corrected chi connectivity index (χ4v) is 2.66. The summed E-state index contributed by atoms with van der Waals surface area (Å²) in [6.07, 6.45) is 1.15. The number of benzene rings is 1. The first-order valence-electron chi connectivity index (χ1n) is 6.31. The van der Waals surface area contributed by atoms with Gasteiger partial charge in [-0.1, -0.05) is 6.92 Å². The first-order valence-corrected chi connectivity index (χ1v) is 6.31. The smallest absolute Gasteiger partial charge is 0.146 e. The summed E-state index contributed by atoms with van der Waals surface area (Å²) in [4.78, 5) is 1.77. The average Bonchev–Trinajstić information content (AvgIpc) is 2.66. The second-order valence-corrected chi connectivity index (χ2v) is 4.97. The Balaban J connectivity index is 2.38. The lowest BCUT2D eigenvalue weighted by molar-refractivity contribution is 0.0329. The molecular weight excluding hydrogens is 250 g/mol. The van der Waals surface area contributed by atoms with Crippen LogP contribution in [-0.2, 0) is 0 Å². The molecule has 0 bridgehead atoms. The van der Waals surface area contributed by atoms with Gasteiger partial charge in [-0.25, -0.2) is 8.78 Å². The van der Waals surface area contributed by atoms with E-state index in [4.69, 9.17) is 5.26 Å². The summed E-state index contributed by atoms with van der Waals surface area (Å²) in [6, 6.07) is 3.59. The molecule has 1 aliphatic heterocycles. The van der Waals surface area contributed by atoms with Gasteiger partial charge in [0.15, 0.2) is 0 Å². The first kappa shape index (κ1) is 13.8. The van der Waals surface area contributed by atoms with E-state index in [1.54, 1.807) is 4.90 Å². The van der Waals surface area contributed by atoms with Gasteiger partial charge in [0.05, 0.1) is 11.6 Å². The maximum Gasteiger partial charge on any atom is 0.146 e. The highest BCUT2D eigenvalue weighted by atomic mass is 19.1. The van der Waals surface area contributed by atoms with E-state index in [1.807, 2.05) is 13.8 Å². The van der Waals surface area contributed by atoms with Crippen molar-refractivity contribution < 1.29 is 13.9 Å². The highest BCUT2D eigenvalue weighted by Gasteiger charge is 2.42. The van der Waals surface area contributed by atoms with Crippen LogP contribution >= 0.6 is 0 Å². The predicted octanol–water partition coefficient (Wildman–Crippen LogP) is 2.58. The third kappa shape index (κ3) is 2.17. The summed E-state index contributed by atoms with van der Waals surface area (Å²) in [7, 11) is 0. The van der Waals surface area contributed by atoms with Crippen molar-refractivity contribution in [3.8, 4) is 6.07 Å². The van der Waals surface area contributed by atoms with Crippen molar-refractivity contribution in [1.82, 2.24) is 0 Å². The van der Waals surface area contributed by atoms with E-state index in [2.05, 4.69) is 0 Å². The zero-order chi connectivity index (χ0) is 14.2. The number of hydrogen-bond donors (Lipinski definition) is 1. The van der Waals surface area contributed by atoms with Crippen LogP contribution in [0.25, 0.3) is 0 Å². The van der Waals surface area contributed by atoms with Crippen LogP contribution in [-0.4, -0.2) is 23.3 Å². The highest BCUT2D eigenvalue weighted by Crippen LogP contribution is 2.35. The van der Waals surface area contributed by atoms with Gasteiger partial charge in [0.2, 0.25) is 0 Å². The number of anilines is 1. The van der Waals surface area contributed by atoms with E-state index < -0.39 is 22.8 Å². The molecule has 1 heterocycles. The van der Waals surface area contributed by atoms with E-state index in [0.29, 0.717) is 25.1 Å². The van der Waals surface area contributed by atoms with Crippen LogP contribution in [0.5, 0.6) is 0 Å². The number of hydrogen-bond acceptors (Lipinski definition) is 3. The topological polar surface area (TPSA) is 47.3 Å². The third-order valence-electron chi connectivity index (χ3n) is 4.11. The molecule has 1 fully saturated rings. The quantitative estimate of drug-likeness (QED) is 0.895. The van der Waals surface area contributed by atoms with E-state index >= 15 is 0 Å². The van der Waals surface area contributed by atoms with Crippen molar-refractivity contribution in [2.24, 2.45) is 0 Å². The van der Waals surface area contributed by atoms with Crippen LogP contribution in [0.4, 0.5) is 14.5 Å². The molecule has 0 spiro atoms. The molecule has 3 nitrogen and oxygen atoms in total. The number of aliphatic hydroxyl groups is 1. The van der Waals surface area contributed by atoms with Crippen LogP contribution in [0, 0.1) is 23.0 Å². The fourth-order valence-electron chi connectivity index (χ4n) is 2.66. The second kappa shape index (κ2) is 4.78. The molecule has 2 unspecified atom stereocenters. The Kier molecular flexibility index (Phi) is 3.46. The lowest BCUT2D eigenvalue weighted by Gasteiger charge is -2.31. The van der Waals surface area contributed by atoms with Gasteiger partial charge in [0.1, 0.15) is 23.3 Å². The van der Waals surface area contributed by atoms with Gasteiger partial charge >= 0.3 is 0 Å². The van der Waals surface area contributed by atoms with E-state index in [-0.39, 0.29) is 6.04 Å². The van der Waals surface area contributed by atoms with Crippen LogP contribution in [0.1, 0.15) is 32.3 Å². The molecule has 0 aromatic heterocycles. The summed E-state index contributed by atoms with van der Waals surface area (Å²) < 4.78 is 27.2. The molecule has 5 heteroatoms. The SMILES string of the molecule is CCC1(O)CCN(c2cc(F)c(C#N)c(F)c2)C1C. The standard InChI is InChI=1S/C14H16F2N2O/c1-3-14(19)4-5-18(9(14)2)10-6-12(15)11(8-17)13(16)7-10/h6-7,9,19H,3-5H2,1-2H3. The Morgan fingerprint density at radius 3 is 2.47 bits per heavy atom. The summed E-state index contributed by atoms with van der Waals surface area (Å²) >= 11 is 0. The maximum absolute atomic E-state index is 13.6. The Morgan fingerprint density at radius 1 is 1.47 bits per heavy atom. The minimum Gasteiger partial charge on any atom is -0.388 e. The summed E-state index contributed by atoms with van der Waals surface area (Å²) in [5, 5.41) is 19.0. The molecule has 0 radical (unpaired) electrons. The largest absolute Gasteiger partial charge is 0.388 e. The van der Waals surface area contributed by atoms with Gasteiger partial charge in [-0.3, -0.25) is 0 Å². The Labute approximate surface area is 111 Å². The van der Waals surface area contributed by atoms with Gasteiger partial charge in [-0.05, 0) is 31.9 Å². The van der Waals surface area contributed by atoms with Gasteiger partial charge in [0.25, 0.3) is 0 Å². The maximum atomic E-state index is 13.6. The zero-order valence-corrected chi connectivity index (χ0v) is 11.0. The van der Waals surface area contributed by atoms with Crippen molar-refractivity contribution in [3.05, 3.63) is 29.3 Å². The predicted molar refractivity (Wildman–Crippen MR) is 67.7 cm³/mol. The summed E-state index contributed by atoms with van der Waals surface area (Å²) in [5.74, 6) is -1.73. The van der Waals surface area contributed by atoms with Gasteiger partial charge in [-0.15, -0.1) is 0 Å². The van der Waals surface area contributed by atoms with Crippen LogP contribution < -0.4 is 4.90 Å². The first-order chi connectivity index (χ1) is 8.92. The zero-order valence-electron chi connectivity index (χ0n) is 11.0. The lowest BCUT2D eigenvalue weighted by Crippen LogP contribution is -2.42. The monoisotopic (exact) mass is 266 g/mol. The molecule has 0 amide bonds. The Bertz CT molecular complexity index is 518. The molecule has 1 aromatic rings. The summed E-state index contributed by atoms with van der Waals surface area (Å²) in [6.45, 7) is 4.26. The number of halogens is 2. The normalized spacial score (nSPS) is 26.5. The minimum atomic E-state index is -0.864. The van der Waals surface area contributed by atoms with Gasteiger partial charge < -0.3 is 10.0 Å². The average molecular weight is 266 g/mol.